The van der Waals surface area contributed by atoms with Gasteiger partial charge in [0.1, 0.15) is 0 Å². The number of rotatable bonds is 4. The Bertz CT molecular complexity index is 177. The van der Waals surface area contributed by atoms with E-state index in [0.717, 1.165) is 18.4 Å². The second kappa shape index (κ2) is 5.86. The lowest BCUT2D eigenvalue weighted by Crippen LogP contribution is -2.47. The first-order valence-corrected chi connectivity index (χ1v) is 6.52. The van der Waals surface area contributed by atoms with E-state index in [1.165, 1.54) is 25.7 Å². The van der Waals surface area contributed by atoms with Gasteiger partial charge >= 0.3 is 0 Å². The molecule has 0 amide bonds. The van der Waals surface area contributed by atoms with Gasteiger partial charge in [0.25, 0.3) is 0 Å². The molecule has 0 spiro atoms. The minimum atomic E-state index is 0.639. The molecule has 0 aromatic rings. The highest BCUT2D eigenvalue weighted by atomic mass is 15.2. The summed E-state index contributed by atoms with van der Waals surface area (Å²) in [5.74, 6) is 1.65. The molecule has 0 heterocycles. The predicted octanol–water partition coefficient (Wildman–Crippen LogP) is 2.48. The maximum absolute atomic E-state index is 5.89. The highest BCUT2D eigenvalue weighted by Gasteiger charge is 2.32. The summed E-state index contributed by atoms with van der Waals surface area (Å²) in [6, 6.07) is 1.35. The molecule has 0 aromatic carbocycles. The van der Waals surface area contributed by atoms with Crippen molar-refractivity contribution < 1.29 is 0 Å². The average molecular weight is 212 g/mol. The third kappa shape index (κ3) is 3.18. The molecule has 1 aliphatic rings. The summed E-state index contributed by atoms with van der Waals surface area (Å²) in [6.07, 6.45) is 5.41. The zero-order valence-corrected chi connectivity index (χ0v) is 10.9. The monoisotopic (exact) mass is 212 g/mol. The summed E-state index contributed by atoms with van der Waals surface area (Å²) in [5, 5.41) is 0. The molecule has 0 aliphatic heterocycles. The molecule has 3 atom stereocenters. The average Bonchev–Trinajstić information content (AvgIpc) is 2.27. The number of nitrogens with zero attached hydrogens (tertiary/aromatic N) is 1. The molecule has 90 valence electrons. The van der Waals surface area contributed by atoms with Crippen LogP contribution in [0.1, 0.15) is 46.5 Å². The Kier molecular flexibility index (Phi) is 5.07. The SMILES string of the molecule is CCC1CCC(CN)C(N(C)C(C)C)C1. The van der Waals surface area contributed by atoms with E-state index in [4.69, 9.17) is 5.73 Å². The molecule has 15 heavy (non-hydrogen) atoms. The van der Waals surface area contributed by atoms with Crippen LogP contribution >= 0.6 is 0 Å². The van der Waals surface area contributed by atoms with Gasteiger partial charge in [-0.05, 0) is 52.1 Å². The fourth-order valence-electron chi connectivity index (χ4n) is 2.82. The summed E-state index contributed by atoms with van der Waals surface area (Å²) >= 11 is 0. The molecule has 0 saturated heterocycles. The molecule has 1 rings (SSSR count). The lowest BCUT2D eigenvalue weighted by atomic mass is 9.76. The van der Waals surface area contributed by atoms with Gasteiger partial charge in [-0.15, -0.1) is 0 Å². The van der Waals surface area contributed by atoms with Crippen molar-refractivity contribution in [3.05, 3.63) is 0 Å². The highest BCUT2D eigenvalue weighted by Crippen LogP contribution is 2.33. The fraction of sp³-hybridized carbons (Fsp3) is 1.00. The number of hydrogen-bond donors (Lipinski definition) is 1. The summed E-state index contributed by atoms with van der Waals surface area (Å²) < 4.78 is 0. The van der Waals surface area contributed by atoms with Crippen molar-refractivity contribution in [3.63, 3.8) is 0 Å². The first-order chi connectivity index (χ1) is 7.10. The quantitative estimate of drug-likeness (QED) is 0.776. The van der Waals surface area contributed by atoms with Crippen molar-refractivity contribution >= 4 is 0 Å². The fourth-order valence-corrected chi connectivity index (χ4v) is 2.82. The van der Waals surface area contributed by atoms with Gasteiger partial charge in [0, 0.05) is 12.1 Å². The van der Waals surface area contributed by atoms with Crippen molar-refractivity contribution in [2.45, 2.75) is 58.5 Å². The van der Waals surface area contributed by atoms with Gasteiger partial charge in [0.05, 0.1) is 0 Å². The maximum Gasteiger partial charge on any atom is 0.0138 e. The molecular formula is C13H28N2. The van der Waals surface area contributed by atoms with Crippen LogP contribution in [0.2, 0.25) is 0 Å². The van der Waals surface area contributed by atoms with Crippen molar-refractivity contribution in [1.29, 1.82) is 0 Å². The van der Waals surface area contributed by atoms with Gasteiger partial charge in [-0.25, -0.2) is 0 Å². The summed E-state index contributed by atoms with van der Waals surface area (Å²) in [6.45, 7) is 7.74. The van der Waals surface area contributed by atoms with Crippen molar-refractivity contribution in [3.8, 4) is 0 Å². The number of hydrogen-bond acceptors (Lipinski definition) is 2. The summed E-state index contributed by atoms with van der Waals surface area (Å²) in [7, 11) is 2.26. The molecule has 1 fully saturated rings. The maximum atomic E-state index is 5.89. The second-order valence-corrected chi connectivity index (χ2v) is 5.41. The molecule has 1 saturated carbocycles. The minimum Gasteiger partial charge on any atom is -0.330 e. The van der Waals surface area contributed by atoms with Crippen LogP contribution in [0.5, 0.6) is 0 Å². The zero-order valence-electron chi connectivity index (χ0n) is 10.9. The van der Waals surface area contributed by atoms with Gasteiger partial charge < -0.3 is 10.6 Å². The summed E-state index contributed by atoms with van der Waals surface area (Å²) in [4.78, 5) is 2.53. The lowest BCUT2D eigenvalue weighted by molar-refractivity contribution is 0.0795. The van der Waals surface area contributed by atoms with Gasteiger partial charge in [-0.2, -0.15) is 0 Å². The molecule has 2 N–H and O–H groups in total. The molecule has 0 radical (unpaired) electrons. The highest BCUT2D eigenvalue weighted by molar-refractivity contribution is 4.87. The zero-order chi connectivity index (χ0) is 11.4. The van der Waals surface area contributed by atoms with Gasteiger partial charge in [-0.3, -0.25) is 0 Å². The molecule has 0 aromatic heterocycles. The van der Waals surface area contributed by atoms with Crippen molar-refractivity contribution in [1.82, 2.24) is 4.90 Å². The van der Waals surface area contributed by atoms with Crippen LogP contribution in [0.3, 0.4) is 0 Å². The Labute approximate surface area is 95.2 Å². The summed E-state index contributed by atoms with van der Waals surface area (Å²) in [5.41, 5.74) is 5.89. The second-order valence-electron chi connectivity index (χ2n) is 5.41. The van der Waals surface area contributed by atoms with E-state index in [2.05, 4.69) is 32.7 Å². The van der Waals surface area contributed by atoms with E-state index >= 15 is 0 Å². The number of nitrogens with two attached hydrogens (primary N) is 1. The van der Waals surface area contributed by atoms with Crippen LogP contribution in [-0.2, 0) is 0 Å². The molecule has 1 aliphatic carbocycles. The molecule has 3 unspecified atom stereocenters. The van der Waals surface area contributed by atoms with Crippen molar-refractivity contribution in [2.24, 2.45) is 17.6 Å². The van der Waals surface area contributed by atoms with Gasteiger partial charge in [-0.1, -0.05) is 19.8 Å². The normalized spacial score (nSPS) is 32.6. The third-order valence-electron chi connectivity index (χ3n) is 4.28. The minimum absolute atomic E-state index is 0.639. The standard InChI is InChI=1S/C13H28N2/c1-5-11-6-7-12(9-14)13(8-11)15(4)10(2)3/h10-13H,5-9,14H2,1-4H3. The largest absolute Gasteiger partial charge is 0.330 e. The van der Waals surface area contributed by atoms with E-state index in [1.54, 1.807) is 0 Å². The van der Waals surface area contributed by atoms with Crippen LogP contribution in [0.15, 0.2) is 0 Å². The Morgan fingerprint density at radius 3 is 2.47 bits per heavy atom. The van der Waals surface area contributed by atoms with E-state index in [1.807, 2.05) is 0 Å². The Balaban J connectivity index is 2.62. The van der Waals surface area contributed by atoms with Crippen LogP contribution in [0.25, 0.3) is 0 Å². The topological polar surface area (TPSA) is 29.3 Å². The van der Waals surface area contributed by atoms with E-state index in [0.29, 0.717) is 12.1 Å². The Hall–Kier alpha value is -0.0800. The van der Waals surface area contributed by atoms with Crippen LogP contribution in [0, 0.1) is 11.8 Å². The van der Waals surface area contributed by atoms with Crippen LogP contribution in [0.4, 0.5) is 0 Å². The van der Waals surface area contributed by atoms with Crippen LogP contribution in [-0.4, -0.2) is 30.6 Å². The van der Waals surface area contributed by atoms with Crippen molar-refractivity contribution in [2.75, 3.05) is 13.6 Å². The Morgan fingerprint density at radius 1 is 1.33 bits per heavy atom. The molecule has 2 nitrogen and oxygen atoms in total. The molecule has 2 heteroatoms. The van der Waals surface area contributed by atoms with Crippen LogP contribution < -0.4 is 5.73 Å². The Morgan fingerprint density at radius 2 is 2.00 bits per heavy atom. The lowest BCUT2D eigenvalue weighted by Gasteiger charge is -2.42. The third-order valence-corrected chi connectivity index (χ3v) is 4.28. The predicted molar refractivity (Wildman–Crippen MR) is 66.9 cm³/mol. The van der Waals surface area contributed by atoms with E-state index in [9.17, 15) is 0 Å². The first kappa shape index (κ1) is 13.0. The van der Waals surface area contributed by atoms with E-state index < -0.39 is 0 Å². The van der Waals surface area contributed by atoms with Gasteiger partial charge in [0.15, 0.2) is 0 Å². The van der Waals surface area contributed by atoms with E-state index in [-0.39, 0.29) is 0 Å². The molecule has 0 bridgehead atoms. The first-order valence-electron chi connectivity index (χ1n) is 6.52. The molecular weight excluding hydrogens is 184 g/mol. The van der Waals surface area contributed by atoms with Gasteiger partial charge in [0.2, 0.25) is 0 Å². The smallest absolute Gasteiger partial charge is 0.0138 e.